The van der Waals surface area contributed by atoms with Crippen molar-refractivity contribution < 1.29 is 89.6 Å². The summed E-state index contributed by atoms with van der Waals surface area (Å²) in [5, 5.41) is 18.2. The number of pyridine rings is 2. The van der Waals surface area contributed by atoms with E-state index in [1.807, 2.05) is 0 Å². The molecule has 0 saturated carbocycles. The van der Waals surface area contributed by atoms with Gasteiger partial charge in [0, 0.05) is 46.5 Å². The van der Waals surface area contributed by atoms with Crippen LogP contribution in [0.5, 0.6) is 0 Å². The highest BCUT2D eigenvalue weighted by atomic mass is 19.4. The van der Waals surface area contributed by atoms with Crippen LogP contribution in [0.4, 0.5) is 61.5 Å². The minimum absolute atomic E-state index is 0.0313. The fourth-order valence-corrected chi connectivity index (χ4v) is 5.72. The van der Waals surface area contributed by atoms with E-state index < -0.39 is 70.7 Å². The number of nitrogens with zero attached hydrogens (tertiary/aromatic N) is 4. The van der Waals surface area contributed by atoms with Crippen LogP contribution in [0.15, 0.2) is 106 Å². The van der Waals surface area contributed by atoms with Gasteiger partial charge in [-0.3, -0.25) is 0 Å². The molecule has 0 unspecified atom stereocenters. The molecule has 4 aromatic heterocycles. The zero-order valence-electron chi connectivity index (χ0n) is 29.9. The summed E-state index contributed by atoms with van der Waals surface area (Å²) in [6.45, 7) is -0.623. The van der Waals surface area contributed by atoms with Gasteiger partial charge >= 0.3 is 36.0 Å². The number of hydrogen-bond acceptors (Lipinski definition) is 6. The van der Waals surface area contributed by atoms with Gasteiger partial charge < -0.3 is 19.0 Å². The Morgan fingerprint density at radius 1 is 0.417 bits per heavy atom. The number of rotatable bonds is 13. The number of benzene rings is 2. The Kier molecular flexibility index (Phi) is 11.4. The highest BCUT2D eigenvalue weighted by molar-refractivity contribution is 5.72. The van der Waals surface area contributed by atoms with E-state index in [2.05, 4.69) is 9.97 Å². The minimum atomic E-state index is -6.70. The number of alkyl halides is 14. The van der Waals surface area contributed by atoms with Gasteiger partial charge in [-0.15, -0.1) is 0 Å². The summed E-state index contributed by atoms with van der Waals surface area (Å²) in [4.78, 5) is 7.66. The summed E-state index contributed by atoms with van der Waals surface area (Å²) in [5.74, 6) is -30.8. The molecule has 4 heterocycles. The average Bonchev–Trinajstić information content (AvgIpc) is 3.85. The molecule has 6 rings (SSSR count). The van der Waals surface area contributed by atoms with Gasteiger partial charge in [-0.2, -0.15) is 61.5 Å². The Morgan fingerprint density at radius 3 is 0.967 bits per heavy atom. The van der Waals surface area contributed by atoms with Gasteiger partial charge in [0.1, 0.15) is 24.6 Å². The zero-order valence-corrected chi connectivity index (χ0v) is 29.9. The second-order valence-electron chi connectivity index (χ2n) is 12.9. The maximum Gasteiger partial charge on any atom is 0.460 e. The van der Waals surface area contributed by atoms with E-state index >= 15 is 17.6 Å². The lowest BCUT2D eigenvalue weighted by Crippen LogP contribution is -2.50. The van der Waals surface area contributed by atoms with Crippen molar-refractivity contribution in [1.29, 1.82) is 0 Å². The van der Waals surface area contributed by atoms with Gasteiger partial charge in [-0.05, 0) is 35.4 Å². The van der Waals surface area contributed by atoms with Gasteiger partial charge in [-0.1, -0.05) is 24.3 Å². The van der Waals surface area contributed by atoms with Crippen molar-refractivity contribution in [2.24, 2.45) is 0 Å². The molecule has 2 aromatic carbocycles. The first-order chi connectivity index (χ1) is 27.9. The van der Waals surface area contributed by atoms with Gasteiger partial charge in [0.2, 0.25) is 23.3 Å². The fraction of sp³-hybridized carbons (Fsp3) is 0.263. The molecular formula is C38H26F14N4O4+2. The van der Waals surface area contributed by atoms with E-state index in [1.165, 1.54) is 82.5 Å². The Balaban J connectivity index is 1.34. The Morgan fingerprint density at radius 2 is 0.700 bits per heavy atom. The normalized spacial score (nSPS) is 13.3. The lowest BCUT2D eigenvalue weighted by Gasteiger charge is -2.26. The smallest absolute Gasteiger partial charge is 0.434 e. The van der Waals surface area contributed by atoms with Crippen LogP contribution in [-0.4, -0.2) is 57.6 Å². The molecule has 0 radical (unpaired) electrons. The standard InChI is InChI=1S/C38H26F14N4O4/c39-33(40,35(43,44)37(47,48)49)29-27(23-9-13-55(14-10-23)17-19-57)53-31(59-29)25-5-1-21(2-6-25)22-3-7-26(8-4-22)32-54-28(24-11-15-56(16-12-24)18-20-58)30(60-32)34(41,42)36(45,46)38(50,51)52/h1-16,57-58H,17-20H2/q+2. The number of oxazole rings is 2. The van der Waals surface area contributed by atoms with Crippen molar-refractivity contribution in [2.75, 3.05) is 13.2 Å². The predicted octanol–water partition coefficient (Wildman–Crippen LogP) is 9.14. The largest absolute Gasteiger partial charge is 0.460 e. The Bertz CT molecular complexity index is 2260. The van der Waals surface area contributed by atoms with Gasteiger partial charge in [0.05, 0.1) is 0 Å². The van der Waals surface area contributed by atoms with E-state index in [-0.39, 0.29) is 48.6 Å². The Labute approximate surface area is 327 Å². The van der Waals surface area contributed by atoms with Crippen molar-refractivity contribution in [1.82, 2.24) is 9.97 Å². The zero-order chi connectivity index (χ0) is 44.1. The average molecular weight is 869 g/mol. The SMILES string of the molecule is OCC[n+]1ccc(-c2nc(-c3ccc(-c4ccc(-c5nc(-c6cc[n+](CCO)cc6)c(C(F)(F)C(F)(F)C(F)(F)F)o5)cc4)cc3)oc2C(F)(F)C(F)(F)C(F)(F)F)cc1. The summed E-state index contributed by atoms with van der Waals surface area (Å²) < 4.78 is 209. The maximum absolute atomic E-state index is 15.1. The van der Waals surface area contributed by atoms with Gasteiger partial charge in [0.25, 0.3) is 0 Å². The number of hydrogen-bond donors (Lipinski definition) is 2. The third-order valence-corrected chi connectivity index (χ3v) is 8.97. The minimum Gasteiger partial charge on any atom is -0.434 e. The predicted molar refractivity (Wildman–Crippen MR) is 178 cm³/mol. The Hall–Kier alpha value is -5.90. The number of aliphatic hydroxyl groups is 2. The first-order valence-electron chi connectivity index (χ1n) is 17.0. The second kappa shape index (κ2) is 15.6. The number of halogens is 14. The summed E-state index contributed by atoms with van der Waals surface area (Å²) >= 11 is 0. The van der Waals surface area contributed by atoms with Crippen molar-refractivity contribution in [3.63, 3.8) is 0 Å². The summed E-state index contributed by atoms with van der Waals surface area (Å²) in [6.07, 6.45) is -8.49. The van der Waals surface area contributed by atoms with Crippen molar-refractivity contribution in [3.8, 4) is 56.6 Å². The summed E-state index contributed by atoms with van der Waals surface area (Å²) in [7, 11) is 0. The van der Waals surface area contributed by atoms with Crippen molar-refractivity contribution in [2.45, 2.75) is 49.1 Å². The monoisotopic (exact) mass is 868 g/mol. The number of aromatic nitrogens is 4. The lowest BCUT2D eigenvalue weighted by atomic mass is 10.0. The topological polar surface area (TPSA) is 100 Å². The molecule has 0 atom stereocenters. The molecule has 0 saturated heterocycles. The van der Waals surface area contributed by atoms with E-state index in [1.54, 1.807) is 0 Å². The molecule has 8 nitrogen and oxygen atoms in total. The highest BCUT2D eigenvalue weighted by Gasteiger charge is 2.76. The maximum atomic E-state index is 15.1. The molecule has 0 fully saturated rings. The molecule has 22 heteroatoms. The number of aliphatic hydroxyl groups excluding tert-OH is 2. The van der Waals surface area contributed by atoms with Crippen LogP contribution in [0.25, 0.3) is 56.6 Å². The van der Waals surface area contributed by atoms with E-state index in [4.69, 9.17) is 19.0 Å². The third kappa shape index (κ3) is 7.80. The van der Waals surface area contributed by atoms with E-state index in [9.17, 15) is 43.9 Å². The fourth-order valence-electron chi connectivity index (χ4n) is 5.72. The molecule has 0 bridgehead atoms. The summed E-state index contributed by atoms with van der Waals surface area (Å²) in [5.41, 5.74) is -2.45. The van der Waals surface area contributed by atoms with Crippen molar-refractivity contribution >= 4 is 0 Å². The van der Waals surface area contributed by atoms with E-state index in [0.717, 1.165) is 24.3 Å². The lowest BCUT2D eigenvalue weighted by molar-refractivity contribution is -0.698. The quantitative estimate of drug-likeness (QED) is 0.0888. The molecule has 2 N–H and O–H groups in total. The second-order valence-corrected chi connectivity index (χ2v) is 12.9. The third-order valence-electron chi connectivity index (χ3n) is 8.97. The molecule has 6 aromatic rings. The summed E-state index contributed by atoms with van der Waals surface area (Å²) in [6, 6.07) is 14.3. The first kappa shape index (κ1) is 43.7. The molecule has 0 aliphatic rings. The van der Waals surface area contributed by atoms with Crippen LogP contribution < -0.4 is 9.13 Å². The molecule has 318 valence electrons. The van der Waals surface area contributed by atoms with Crippen LogP contribution in [-0.2, 0) is 24.9 Å². The van der Waals surface area contributed by atoms with Crippen LogP contribution in [0.3, 0.4) is 0 Å². The van der Waals surface area contributed by atoms with Crippen LogP contribution in [0.2, 0.25) is 0 Å². The molecule has 0 amide bonds. The molecule has 0 spiro atoms. The molecule has 60 heavy (non-hydrogen) atoms. The first-order valence-corrected chi connectivity index (χ1v) is 17.0. The van der Waals surface area contributed by atoms with Crippen molar-refractivity contribution in [3.05, 3.63) is 109 Å². The van der Waals surface area contributed by atoms with Gasteiger partial charge in [-0.25, -0.2) is 19.1 Å². The van der Waals surface area contributed by atoms with Crippen LogP contribution in [0, 0.1) is 0 Å². The van der Waals surface area contributed by atoms with E-state index in [0.29, 0.717) is 11.1 Å². The van der Waals surface area contributed by atoms with Crippen LogP contribution >= 0.6 is 0 Å². The molecular weight excluding hydrogens is 842 g/mol. The van der Waals surface area contributed by atoms with Gasteiger partial charge in [0.15, 0.2) is 37.9 Å². The molecule has 0 aliphatic heterocycles. The van der Waals surface area contributed by atoms with Crippen LogP contribution in [0.1, 0.15) is 11.5 Å². The molecule has 0 aliphatic carbocycles. The highest BCUT2D eigenvalue weighted by Crippen LogP contribution is 2.55.